The quantitative estimate of drug-likeness (QED) is 0.256. The number of hydrogen-bond acceptors (Lipinski definition) is 9. The number of ether oxygens (including phenoxy) is 1. The Morgan fingerprint density at radius 1 is 1.16 bits per heavy atom. The summed E-state index contributed by atoms with van der Waals surface area (Å²) in [6, 6.07) is 12.1. The molecule has 2 aromatic carbocycles. The Kier molecular flexibility index (Phi) is 6.54. The van der Waals surface area contributed by atoms with E-state index in [1.165, 1.54) is 6.26 Å². The molecule has 0 saturated heterocycles. The molecule has 11 heteroatoms. The molecule has 0 radical (unpaired) electrons. The van der Waals surface area contributed by atoms with Crippen LogP contribution in [0.25, 0.3) is 11.6 Å². The molecule has 3 aliphatic heterocycles. The van der Waals surface area contributed by atoms with E-state index in [-0.39, 0.29) is 37.0 Å². The van der Waals surface area contributed by atoms with E-state index in [0.29, 0.717) is 17.2 Å². The van der Waals surface area contributed by atoms with Crippen LogP contribution in [0.3, 0.4) is 0 Å². The molecule has 4 N–H and O–H groups in total. The van der Waals surface area contributed by atoms with Crippen molar-refractivity contribution >= 4 is 17.5 Å². The lowest BCUT2D eigenvalue weighted by molar-refractivity contribution is -0.143. The number of carbonyl (C=O) groups excluding carboxylic acids is 2. The number of para-hydroxylation sites is 1. The van der Waals surface area contributed by atoms with Crippen LogP contribution in [0.15, 0.2) is 63.8 Å². The predicted molar refractivity (Wildman–Crippen MR) is 160 cm³/mol. The fourth-order valence-corrected chi connectivity index (χ4v) is 6.65. The number of anilines is 1. The SMILES string of the molecule is CCC(O)(CC)C(=O)N[C@H]1Cc2ccc3c(c2)C2(c4ccccc4NC2O3)c2oc(nc2-c2ncco2)[C@H](C(C)C)NC1=O. The number of oxazole rings is 2. The van der Waals surface area contributed by atoms with Crippen LogP contribution in [0.4, 0.5) is 5.69 Å². The molecule has 0 aliphatic carbocycles. The van der Waals surface area contributed by atoms with Gasteiger partial charge < -0.3 is 34.6 Å². The molecule has 1 spiro atoms. The van der Waals surface area contributed by atoms with Gasteiger partial charge in [0.1, 0.15) is 35.1 Å². The van der Waals surface area contributed by atoms with Crippen molar-refractivity contribution in [1.82, 2.24) is 20.6 Å². The molecule has 3 aliphatic rings. The summed E-state index contributed by atoms with van der Waals surface area (Å²) in [5.74, 6) is 0.575. The number of benzene rings is 2. The largest absolute Gasteiger partial charge is 0.469 e. The minimum Gasteiger partial charge on any atom is -0.469 e. The van der Waals surface area contributed by atoms with Crippen LogP contribution in [-0.4, -0.2) is 44.8 Å². The van der Waals surface area contributed by atoms with Gasteiger partial charge in [0.15, 0.2) is 17.7 Å². The molecule has 4 atom stereocenters. The molecule has 5 heterocycles. The minimum atomic E-state index is -1.59. The molecule has 0 saturated carbocycles. The van der Waals surface area contributed by atoms with Gasteiger partial charge >= 0.3 is 0 Å². The van der Waals surface area contributed by atoms with E-state index >= 15 is 0 Å². The summed E-state index contributed by atoms with van der Waals surface area (Å²) in [6.07, 6.45) is 3.10. The van der Waals surface area contributed by atoms with Crippen LogP contribution in [0.2, 0.25) is 0 Å². The fraction of sp³-hybridized carbons (Fsp3) is 0.394. The first-order valence-electron chi connectivity index (χ1n) is 15.1. The molecule has 2 amide bonds. The number of rotatable bonds is 6. The zero-order valence-corrected chi connectivity index (χ0v) is 25.0. The van der Waals surface area contributed by atoms with Gasteiger partial charge in [-0.15, -0.1) is 0 Å². The average molecular weight is 598 g/mol. The maximum absolute atomic E-state index is 14.0. The van der Waals surface area contributed by atoms with E-state index in [9.17, 15) is 14.7 Å². The number of hydrogen-bond donors (Lipinski definition) is 4. The van der Waals surface area contributed by atoms with Crippen molar-refractivity contribution in [2.45, 2.75) is 76.3 Å². The number of aliphatic hydroxyl groups is 1. The van der Waals surface area contributed by atoms with Crippen LogP contribution in [0.5, 0.6) is 5.75 Å². The van der Waals surface area contributed by atoms with Crippen molar-refractivity contribution in [3.05, 3.63) is 83.3 Å². The standard InChI is InChI=1S/C33H35N5O6/c1-5-32(41,6-2)30(40)35-22-16-18-11-12-23-20(15-18)33(19-9-7-8-10-21(19)36-31(33)43-23)26-25(28-34-13-14-42-28)38-29(44-26)24(17(3)4)37-27(22)39/h7-15,17,22,24,31,36,41H,5-6,16H2,1-4H3,(H,35,40)(H,37,39)/t22-,24-,31?,33?/m0/s1. The Morgan fingerprint density at radius 3 is 2.68 bits per heavy atom. The Labute approximate surface area is 254 Å². The third-order valence-electron chi connectivity index (χ3n) is 9.27. The maximum atomic E-state index is 14.0. The zero-order chi connectivity index (χ0) is 30.8. The van der Waals surface area contributed by atoms with E-state index < -0.39 is 41.1 Å². The van der Waals surface area contributed by atoms with Crippen molar-refractivity contribution in [3.8, 4) is 17.3 Å². The van der Waals surface area contributed by atoms with Crippen molar-refractivity contribution in [2.24, 2.45) is 5.92 Å². The topological polar surface area (TPSA) is 152 Å². The lowest BCUT2D eigenvalue weighted by Gasteiger charge is -2.30. The van der Waals surface area contributed by atoms with Crippen molar-refractivity contribution in [2.75, 3.05) is 5.32 Å². The minimum absolute atomic E-state index is 0.138. The first kappa shape index (κ1) is 28.1. The van der Waals surface area contributed by atoms with Gasteiger partial charge in [-0.3, -0.25) is 9.59 Å². The summed E-state index contributed by atoms with van der Waals surface area (Å²) < 4.78 is 19.1. The van der Waals surface area contributed by atoms with Gasteiger partial charge in [0.25, 0.3) is 5.91 Å². The first-order chi connectivity index (χ1) is 21.2. The third-order valence-corrected chi connectivity index (χ3v) is 9.27. The second kappa shape index (κ2) is 10.2. The second-order valence-electron chi connectivity index (χ2n) is 12.1. The van der Waals surface area contributed by atoms with E-state index in [4.69, 9.17) is 18.6 Å². The monoisotopic (exact) mass is 597 g/mol. The highest BCUT2D eigenvalue weighted by Gasteiger charge is 2.61. The molecule has 11 nitrogen and oxygen atoms in total. The summed E-state index contributed by atoms with van der Waals surface area (Å²) in [5.41, 5.74) is 1.33. The molecular formula is C33H35N5O6. The summed E-state index contributed by atoms with van der Waals surface area (Å²) in [6.45, 7) is 7.40. The van der Waals surface area contributed by atoms with Gasteiger partial charge in [-0.1, -0.05) is 58.0 Å². The third kappa shape index (κ3) is 4.06. The number of nitrogens with one attached hydrogen (secondary N) is 3. The summed E-state index contributed by atoms with van der Waals surface area (Å²) in [4.78, 5) is 36.6. The molecule has 0 fully saturated rings. The lowest BCUT2D eigenvalue weighted by atomic mass is 9.72. The van der Waals surface area contributed by atoms with Crippen LogP contribution in [-0.2, 0) is 21.4 Å². The van der Waals surface area contributed by atoms with Gasteiger partial charge in [0, 0.05) is 17.7 Å². The number of aromatic nitrogens is 2. The van der Waals surface area contributed by atoms with Crippen LogP contribution in [0.1, 0.15) is 74.9 Å². The highest BCUT2D eigenvalue weighted by atomic mass is 16.5. The maximum Gasteiger partial charge on any atom is 0.252 e. The number of amides is 2. The zero-order valence-electron chi connectivity index (χ0n) is 25.0. The van der Waals surface area contributed by atoms with E-state index in [1.807, 2.05) is 56.3 Å². The molecule has 44 heavy (non-hydrogen) atoms. The Morgan fingerprint density at radius 2 is 1.95 bits per heavy atom. The Balaban J connectivity index is 1.47. The highest BCUT2D eigenvalue weighted by Crippen LogP contribution is 2.59. The molecule has 4 bridgehead atoms. The number of carbonyl (C=O) groups is 2. The van der Waals surface area contributed by atoms with Gasteiger partial charge in [0.05, 0.1) is 6.20 Å². The van der Waals surface area contributed by atoms with Gasteiger partial charge in [-0.25, -0.2) is 9.97 Å². The normalized spacial score (nSPS) is 23.5. The summed E-state index contributed by atoms with van der Waals surface area (Å²) in [7, 11) is 0. The number of nitrogens with zero attached hydrogens (tertiary/aromatic N) is 2. The van der Waals surface area contributed by atoms with Crippen molar-refractivity contribution in [1.29, 1.82) is 0 Å². The van der Waals surface area contributed by atoms with E-state index in [2.05, 4.69) is 20.9 Å². The average Bonchev–Trinajstić information content (AvgIpc) is 3.80. The summed E-state index contributed by atoms with van der Waals surface area (Å²) >= 11 is 0. The molecule has 228 valence electrons. The molecule has 2 aromatic heterocycles. The van der Waals surface area contributed by atoms with Gasteiger partial charge in [0.2, 0.25) is 17.7 Å². The van der Waals surface area contributed by atoms with Gasteiger partial charge in [-0.05, 0) is 42.0 Å². The lowest BCUT2D eigenvalue weighted by Crippen LogP contribution is -2.55. The van der Waals surface area contributed by atoms with Crippen molar-refractivity contribution in [3.63, 3.8) is 0 Å². The van der Waals surface area contributed by atoms with Crippen molar-refractivity contribution < 1.29 is 28.3 Å². The molecule has 7 rings (SSSR count). The second-order valence-corrected chi connectivity index (χ2v) is 12.1. The van der Waals surface area contributed by atoms with Crippen LogP contribution in [0, 0.1) is 5.92 Å². The molecule has 4 aromatic rings. The Bertz CT molecular complexity index is 1740. The molecule has 2 unspecified atom stereocenters. The first-order valence-corrected chi connectivity index (χ1v) is 15.1. The van der Waals surface area contributed by atoms with E-state index in [0.717, 1.165) is 22.4 Å². The molecular weight excluding hydrogens is 562 g/mol. The van der Waals surface area contributed by atoms with Crippen LogP contribution < -0.4 is 20.7 Å². The summed E-state index contributed by atoms with van der Waals surface area (Å²) in [5, 5.41) is 20.4. The number of fused-ring (bicyclic) bond motifs is 4. The highest BCUT2D eigenvalue weighted by molar-refractivity contribution is 5.91. The predicted octanol–water partition coefficient (Wildman–Crippen LogP) is 4.21. The van der Waals surface area contributed by atoms with Gasteiger partial charge in [-0.2, -0.15) is 0 Å². The van der Waals surface area contributed by atoms with Crippen LogP contribution >= 0.6 is 0 Å². The smallest absolute Gasteiger partial charge is 0.252 e. The van der Waals surface area contributed by atoms with E-state index in [1.54, 1.807) is 20.0 Å². The Hall–Kier alpha value is -4.64. The fourth-order valence-electron chi connectivity index (χ4n) is 6.65.